The lowest BCUT2D eigenvalue weighted by molar-refractivity contribution is -0.140. The second kappa shape index (κ2) is 5.61. The van der Waals surface area contributed by atoms with E-state index in [4.69, 9.17) is 5.11 Å². The van der Waals surface area contributed by atoms with Crippen molar-refractivity contribution in [1.82, 2.24) is 20.5 Å². The fraction of sp³-hybridized carbons (Fsp3) is 0.636. The average Bonchev–Trinajstić information content (AvgIpc) is 2.73. The number of carbonyl (C=O) groups excluding carboxylic acids is 1. The monoisotopic (exact) mass is 254 g/mol. The molecule has 1 aromatic rings. The summed E-state index contributed by atoms with van der Waals surface area (Å²) in [5.74, 6) is -1.19. The van der Waals surface area contributed by atoms with Gasteiger partial charge in [0.1, 0.15) is 11.9 Å². The molecule has 7 heteroatoms. The molecule has 0 spiro atoms. The summed E-state index contributed by atoms with van der Waals surface area (Å²) in [4.78, 5) is 26.7. The molecule has 1 aromatic heterocycles. The normalized spacial score (nSPS) is 12.8. The zero-order chi connectivity index (χ0) is 13.9. The van der Waals surface area contributed by atoms with Gasteiger partial charge in [-0.25, -0.2) is 9.78 Å². The van der Waals surface area contributed by atoms with Crippen molar-refractivity contribution in [2.75, 3.05) is 0 Å². The molecule has 0 aliphatic rings. The molecule has 0 radical (unpaired) electrons. The highest BCUT2D eigenvalue weighted by Crippen LogP contribution is 2.08. The van der Waals surface area contributed by atoms with E-state index >= 15 is 0 Å². The molecular weight excluding hydrogens is 236 g/mol. The van der Waals surface area contributed by atoms with Crippen molar-refractivity contribution in [3.63, 3.8) is 0 Å². The lowest BCUT2D eigenvalue weighted by Gasteiger charge is -2.16. The molecular formula is C11H18N4O3. The molecule has 0 saturated carbocycles. The number of aromatic nitrogens is 3. The molecule has 0 saturated heterocycles. The molecule has 1 amide bonds. The van der Waals surface area contributed by atoms with Gasteiger partial charge in [0, 0.05) is 5.92 Å². The average molecular weight is 254 g/mol. The molecule has 0 unspecified atom stereocenters. The van der Waals surface area contributed by atoms with E-state index in [1.807, 2.05) is 13.8 Å². The van der Waals surface area contributed by atoms with Crippen LogP contribution in [0.3, 0.4) is 0 Å². The summed E-state index contributed by atoms with van der Waals surface area (Å²) in [5.41, 5.74) is 0. The molecule has 1 heterocycles. The third-order valence-corrected chi connectivity index (χ3v) is 2.47. The van der Waals surface area contributed by atoms with E-state index in [9.17, 15) is 9.59 Å². The third kappa shape index (κ3) is 3.28. The molecule has 3 N–H and O–H groups in total. The molecule has 0 aliphatic carbocycles. The van der Waals surface area contributed by atoms with Gasteiger partial charge in [0.15, 0.2) is 0 Å². The van der Waals surface area contributed by atoms with Gasteiger partial charge in [-0.1, -0.05) is 27.7 Å². The van der Waals surface area contributed by atoms with E-state index in [1.54, 1.807) is 13.8 Å². The van der Waals surface area contributed by atoms with Gasteiger partial charge in [-0.2, -0.15) is 0 Å². The Bertz CT molecular complexity index is 439. The van der Waals surface area contributed by atoms with Crippen LogP contribution in [0.15, 0.2) is 0 Å². The highest BCUT2D eigenvalue weighted by Gasteiger charge is 2.25. The van der Waals surface area contributed by atoms with Crippen molar-refractivity contribution in [2.24, 2.45) is 5.92 Å². The highest BCUT2D eigenvalue weighted by atomic mass is 16.4. The van der Waals surface area contributed by atoms with E-state index < -0.39 is 17.9 Å². The number of amides is 1. The van der Waals surface area contributed by atoms with E-state index in [-0.39, 0.29) is 17.7 Å². The third-order valence-electron chi connectivity index (χ3n) is 2.47. The Morgan fingerprint density at radius 1 is 1.28 bits per heavy atom. The number of aliphatic carboxylic acids is 1. The Morgan fingerprint density at radius 2 is 1.89 bits per heavy atom. The molecule has 0 aromatic carbocycles. The second-order valence-corrected chi connectivity index (χ2v) is 4.73. The summed E-state index contributed by atoms with van der Waals surface area (Å²) in [7, 11) is 0. The van der Waals surface area contributed by atoms with Gasteiger partial charge in [-0.3, -0.25) is 9.89 Å². The van der Waals surface area contributed by atoms with Crippen molar-refractivity contribution < 1.29 is 14.7 Å². The van der Waals surface area contributed by atoms with Crippen LogP contribution in [0.4, 0.5) is 0 Å². The van der Waals surface area contributed by atoms with E-state index in [0.717, 1.165) is 0 Å². The zero-order valence-corrected chi connectivity index (χ0v) is 10.9. The predicted molar refractivity (Wildman–Crippen MR) is 64.2 cm³/mol. The van der Waals surface area contributed by atoms with Crippen molar-refractivity contribution in [3.8, 4) is 0 Å². The summed E-state index contributed by atoms with van der Waals surface area (Å²) >= 11 is 0. The Hall–Kier alpha value is -1.92. The number of aromatic amines is 1. The van der Waals surface area contributed by atoms with Crippen LogP contribution >= 0.6 is 0 Å². The van der Waals surface area contributed by atoms with Gasteiger partial charge in [0.2, 0.25) is 5.82 Å². The summed E-state index contributed by atoms with van der Waals surface area (Å²) in [6, 6.07) is -0.946. The summed E-state index contributed by atoms with van der Waals surface area (Å²) in [6.07, 6.45) is 0. The first-order valence-electron chi connectivity index (χ1n) is 5.79. The number of hydrogen-bond donors (Lipinski definition) is 3. The van der Waals surface area contributed by atoms with Gasteiger partial charge in [0.05, 0.1) is 0 Å². The first-order chi connectivity index (χ1) is 8.32. The summed E-state index contributed by atoms with van der Waals surface area (Å²) in [5, 5.41) is 17.8. The molecule has 0 aliphatic heterocycles. The van der Waals surface area contributed by atoms with Crippen LogP contribution < -0.4 is 5.32 Å². The standard InChI is InChI=1S/C11H18N4O3/c1-5(2)7(11(17)18)12-10(16)9-13-8(6(3)4)14-15-9/h5-7H,1-4H3,(H,12,16)(H,17,18)(H,13,14,15)/t7-/m0/s1. The van der Waals surface area contributed by atoms with Crippen molar-refractivity contribution in [3.05, 3.63) is 11.6 Å². The Labute approximate surface area is 105 Å². The minimum Gasteiger partial charge on any atom is -0.480 e. The molecule has 0 bridgehead atoms. The number of carbonyl (C=O) groups is 2. The first kappa shape index (κ1) is 14.1. The fourth-order valence-electron chi connectivity index (χ4n) is 1.35. The van der Waals surface area contributed by atoms with Gasteiger partial charge >= 0.3 is 5.97 Å². The van der Waals surface area contributed by atoms with Crippen molar-refractivity contribution >= 4 is 11.9 Å². The van der Waals surface area contributed by atoms with Crippen molar-refractivity contribution in [1.29, 1.82) is 0 Å². The molecule has 1 atom stereocenters. The fourth-order valence-corrected chi connectivity index (χ4v) is 1.35. The molecule has 18 heavy (non-hydrogen) atoms. The lowest BCUT2D eigenvalue weighted by atomic mass is 10.0. The van der Waals surface area contributed by atoms with Crippen molar-refractivity contribution in [2.45, 2.75) is 39.7 Å². The zero-order valence-electron chi connectivity index (χ0n) is 10.9. The first-order valence-corrected chi connectivity index (χ1v) is 5.79. The predicted octanol–water partition coefficient (Wildman–Crippen LogP) is 0.767. The van der Waals surface area contributed by atoms with Crippen LogP contribution in [-0.4, -0.2) is 38.2 Å². The maximum Gasteiger partial charge on any atom is 0.326 e. The van der Waals surface area contributed by atoms with Crippen LogP contribution in [0.25, 0.3) is 0 Å². The molecule has 0 fully saturated rings. The van der Waals surface area contributed by atoms with Crippen LogP contribution in [-0.2, 0) is 4.79 Å². The number of H-pyrrole nitrogens is 1. The largest absolute Gasteiger partial charge is 0.480 e. The van der Waals surface area contributed by atoms with E-state index in [0.29, 0.717) is 5.82 Å². The molecule has 1 rings (SSSR count). The number of nitrogens with one attached hydrogen (secondary N) is 2. The lowest BCUT2D eigenvalue weighted by Crippen LogP contribution is -2.44. The molecule has 100 valence electrons. The van der Waals surface area contributed by atoms with Gasteiger partial charge in [0.25, 0.3) is 5.91 Å². The minimum atomic E-state index is -1.07. The van der Waals surface area contributed by atoms with Gasteiger partial charge in [-0.15, -0.1) is 5.10 Å². The number of carboxylic acids is 1. The Kier molecular flexibility index (Phi) is 4.41. The smallest absolute Gasteiger partial charge is 0.326 e. The second-order valence-electron chi connectivity index (χ2n) is 4.73. The number of rotatable bonds is 5. The van der Waals surface area contributed by atoms with E-state index in [1.165, 1.54) is 0 Å². The van der Waals surface area contributed by atoms with Gasteiger partial charge < -0.3 is 10.4 Å². The quantitative estimate of drug-likeness (QED) is 0.719. The van der Waals surface area contributed by atoms with Crippen LogP contribution in [0.2, 0.25) is 0 Å². The Morgan fingerprint density at radius 3 is 2.28 bits per heavy atom. The SMILES string of the molecule is CC(C)c1nc(C(=O)N[C@H](C(=O)O)C(C)C)n[nH]1. The maximum atomic E-state index is 11.8. The minimum absolute atomic E-state index is 0.0365. The van der Waals surface area contributed by atoms with E-state index in [2.05, 4.69) is 20.5 Å². The maximum absolute atomic E-state index is 11.8. The number of nitrogens with zero attached hydrogens (tertiary/aromatic N) is 2. The van der Waals surface area contributed by atoms with Crippen LogP contribution in [0, 0.1) is 5.92 Å². The Balaban J connectivity index is 2.77. The summed E-state index contributed by atoms with van der Waals surface area (Å²) < 4.78 is 0. The number of carboxylic acid groups (broad SMARTS) is 1. The van der Waals surface area contributed by atoms with Gasteiger partial charge in [-0.05, 0) is 5.92 Å². The summed E-state index contributed by atoms with van der Waals surface area (Å²) in [6.45, 7) is 7.26. The van der Waals surface area contributed by atoms with Crippen LogP contribution in [0.5, 0.6) is 0 Å². The number of hydrogen-bond acceptors (Lipinski definition) is 4. The highest BCUT2D eigenvalue weighted by molar-refractivity contribution is 5.93. The molecule has 7 nitrogen and oxygen atoms in total. The topological polar surface area (TPSA) is 108 Å². The van der Waals surface area contributed by atoms with Crippen LogP contribution in [0.1, 0.15) is 50.1 Å².